The molecule has 20 heavy (non-hydrogen) atoms. The first kappa shape index (κ1) is 15.1. The molecule has 0 radical (unpaired) electrons. The summed E-state index contributed by atoms with van der Waals surface area (Å²) in [7, 11) is -1.26. The van der Waals surface area contributed by atoms with Crippen LogP contribution in [0.15, 0.2) is 23.1 Å². The number of nitrogens with two attached hydrogens (primary N) is 1. The smallest absolute Gasteiger partial charge is 0.177 e. The Bertz CT molecular complexity index is 566. The van der Waals surface area contributed by atoms with E-state index in [-0.39, 0.29) is 4.90 Å². The van der Waals surface area contributed by atoms with Gasteiger partial charge in [-0.1, -0.05) is 0 Å². The normalized spacial score (nSPS) is 17.1. The van der Waals surface area contributed by atoms with Gasteiger partial charge in [0.05, 0.1) is 10.6 Å². The van der Waals surface area contributed by atoms with Crippen LogP contribution in [0, 0.1) is 5.92 Å². The highest BCUT2D eigenvalue weighted by Gasteiger charge is 2.17. The van der Waals surface area contributed by atoms with Gasteiger partial charge in [0.15, 0.2) is 9.84 Å². The molecule has 1 saturated heterocycles. The fraction of sp³-hybridized carbons (Fsp3) is 0.571. The third-order valence-electron chi connectivity index (χ3n) is 3.71. The molecule has 1 heterocycles. The first-order valence-electron chi connectivity index (χ1n) is 6.76. The summed E-state index contributed by atoms with van der Waals surface area (Å²) in [5, 5.41) is 0. The van der Waals surface area contributed by atoms with E-state index >= 15 is 0 Å². The second kappa shape index (κ2) is 6.01. The zero-order valence-electron chi connectivity index (χ0n) is 12.0. The Balaban J connectivity index is 2.10. The SMILES string of the molecule is CN(CC1CCOCC1)c1ccc(S(C)(=O)=O)c(N)c1. The van der Waals surface area contributed by atoms with Gasteiger partial charge in [0.25, 0.3) is 0 Å². The molecule has 1 aliphatic rings. The van der Waals surface area contributed by atoms with Crippen molar-refractivity contribution in [3.05, 3.63) is 18.2 Å². The topological polar surface area (TPSA) is 72.6 Å². The molecule has 0 aromatic heterocycles. The van der Waals surface area contributed by atoms with Crippen LogP contribution in [0.4, 0.5) is 11.4 Å². The van der Waals surface area contributed by atoms with E-state index in [1.165, 1.54) is 6.26 Å². The first-order valence-corrected chi connectivity index (χ1v) is 8.65. The van der Waals surface area contributed by atoms with Crippen LogP contribution >= 0.6 is 0 Å². The van der Waals surface area contributed by atoms with Gasteiger partial charge >= 0.3 is 0 Å². The summed E-state index contributed by atoms with van der Waals surface area (Å²) in [6.07, 6.45) is 3.31. The summed E-state index contributed by atoms with van der Waals surface area (Å²) in [4.78, 5) is 2.32. The molecular weight excluding hydrogens is 276 g/mol. The third-order valence-corrected chi connectivity index (χ3v) is 4.88. The lowest BCUT2D eigenvalue weighted by Gasteiger charge is -2.28. The summed E-state index contributed by atoms with van der Waals surface area (Å²) >= 11 is 0. The average molecular weight is 298 g/mol. The van der Waals surface area contributed by atoms with Crippen molar-refractivity contribution in [3.63, 3.8) is 0 Å². The predicted octanol–water partition coefficient (Wildman–Crippen LogP) is 1.54. The van der Waals surface area contributed by atoms with Crippen molar-refractivity contribution in [1.82, 2.24) is 0 Å². The van der Waals surface area contributed by atoms with Crippen molar-refractivity contribution in [2.24, 2.45) is 5.92 Å². The van der Waals surface area contributed by atoms with Crippen molar-refractivity contribution >= 4 is 21.2 Å². The molecule has 1 aliphatic heterocycles. The zero-order chi connectivity index (χ0) is 14.8. The Morgan fingerprint density at radius 3 is 2.55 bits per heavy atom. The molecule has 1 aromatic rings. The fourth-order valence-corrected chi connectivity index (χ4v) is 3.33. The number of ether oxygens (including phenoxy) is 1. The molecule has 2 rings (SSSR count). The van der Waals surface area contributed by atoms with E-state index in [9.17, 15) is 8.42 Å². The Morgan fingerprint density at radius 2 is 2.00 bits per heavy atom. The molecule has 6 heteroatoms. The van der Waals surface area contributed by atoms with Crippen LogP contribution in [0.1, 0.15) is 12.8 Å². The van der Waals surface area contributed by atoms with Crippen LogP contribution < -0.4 is 10.6 Å². The van der Waals surface area contributed by atoms with Crippen LogP contribution in [0.3, 0.4) is 0 Å². The number of anilines is 2. The van der Waals surface area contributed by atoms with Crippen LogP contribution in [0.2, 0.25) is 0 Å². The van der Waals surface area contributed by atoms with E-state index < -0.39 is 9.84 Å². The number of nitrogen functional groups attached to an aromatic ring is 1. The predicted molar refractivity (Wildman–Crippen MR) is 80.8 cm³/mol. The highest BCUT2D eigenvalue weighted by molar-refractivity contribution is 7.90. The fourth-order valence-electron chi connectivity index (χ4n) is 2.53. The molecule has 1 fully saturated rings. The van der Waals surface area contributed by atoms with Gasteiger partial charge in [0.1, 0.15) is 0 Å². The number of hydrogen-bond donors (Lipinski definition) is 1. The van der Waals surface area contributed by atoms with E-state index in [1.54, 1.807) is 12.1 Å². The highest BCUT2D eigenvalue weighted by Crippen LogP contribution is 2.26. The van der Waals surface area contributed by atoms with Gasteiger partial charge in [0, 0.05) is 38.7 Å². The van der Waals surface area contributed by atoms with Gasteiger partial charge in [-0.25, -0.2) is 8.42 Å². The number of sulfone groups is 1. The van der Waals surface area contributed by atoms with E-state index in [2.05, 4.69) is 4.90 Å². The highest BCUT2D eigenvalue weighted by atomic mass is 32.2. The molecule has 0 amide bonds. The van der Waals surface area contributed by atoms with E-state index in [1.807, 2.05) is 13.1 Å². The molecule has 0 unspecified atom stereocenters. The van der Waals surface area contributed by atoms with E-state index in [0.29, 0.717) is 11.6 Å². The Hall–Kier alpha value is -1.27. The quantitative estimate of drug-likeness (QED) is 0.854. The standard InChI is InChI=1S/C14H22N2O3S/c1-16(10-11-5-7-19-8-6-11)12-3-4-14(13(15)9-12)20(2,17)18/h3-4,9,11H,5-8,10,15H2,1-2H3. The largest absolute Gasteiger partial charge is 0.398 e. The van der Waals surface area contributed by atoms with E-state index in [4.69, 9.17) is 10.5 Å². The molecule has 0 atom stereocenters. The minimum absolute atomic E-state index is 0.195. The Kier molecular flexibility index (Phi) is 4.55. The molecule has 0 aliphatic carbocycles. The maximum Gasteiger partial charge on any atom is 0.177 e. The summed E-state index contributed by atoms with van der Waals surface area (Å²) in [6.45, 7) is 2.59. The molecule has 5 nitrogen and oxygen atoms in total. The lowest BCUT2D eigenvalue weighted by atomic mass is 10.00. The van der Waals surface area contributed by atoms with Gasteiger partial charge in [-0.05, 0) is 37.0 Å². The molecule has 2 N–H and O–H groups in total. The molecule has 0 saturated carbocycles. The summed E-state index contributed by atoms with van der Waals surface area (Å²) in [5.74, 6) is 0.615. The van der Waals surface area contributed by atoms with Crippen LogP contribution in [0.5, 0.6) is 0 Å². The first-order chi connectivity index (χ1) is 9.38. The summed E-state index contributed by atoms with van der Waals surface area (Å²) < 4.78 is 28.4. The molecule has 112 valence electrons. The van der Waals surface area contributed by atoms with E-state index in [0.717, 1.165) is 38.3 Å². The second-order valence-electron chi connectivity index (χ2n) is 5.43. The monoisotopic (exact) mass is 298 g/mol. The van der Waals surface area contributed by atoms with Crippen LogP contribution in [-0.2, 0) is 14.6 Å². The second-order valence-corrected chi connectivity index (χ2v) is 7.41. The zero-order valence-corrected chi connectivity index (χ0v) is 12.8. The maximum atomic E-state index is 11.5. The molecule has 0 bridgehead atoms. The van der Waals surface area contributed by atoms with Crippen molar-refractivity contribution in [1.29, 1.82) is 0 Å². The van der Waals surface area contributed by atoms with Crippen LogP contribution in [0.25, 0.3) is 0 Å². The number of hydrogen-bond acceptors (Lipinski definition) is 5. The molecule has 0 spiro atoms. The van der Waals surface area contributed by atoms with Crippen molar-refractivity contribution < 1.29 is 13.2 Å². The average Bonchev–Trinajstić information content (AvgIpc) is 2.38. The minimum Gasteiger partial charge on any atom is -0.398 e. The van der Waals surface area contributed by atoms with Gasteiger partial charge in [0.2, 0.25) is 0 Å². The summed E-state index contributed by atoms with van der Waals surface area (Å²) in [5.41, 5.74) is 7.11. The number of rotatable bonds is 4. The lowest BCUT2D eigenvalue weighted by molar-refractivity contribution is 0.0685. The molecular formula is C14H22N2O3S. The van der Waals surface area contributed by atoms with Gasteiger partial charge < -0.3 is 15.4 Å². The number of benzene rings is 1. The Morgan fingerprint density at radius 1 is 1.35 bits per heavy atom. The van der Waals surface area contributed by atoms with Crippen molar-refractivity contribution in [2.75, 3.05) is 43.7 Å². The molecule has 1 aromatic carbocycles. The van der Waals surface area contributed by atoms with Gasteiger partial charge in [-0.15, -0.1) is 0 Å². The lowest BCUT2D eigenvalue weighted by Crippen LogP contribution is -2.29. The maximum absolute atomic E-state index is 11.5. The summed E-state index contributed by atoms with van der Waals surface area (Å²) in [6, 6.07) is 5.13. The Labute approximate surface area is 120 Å². The van der Waals surface area contributed by atoms with Gasteiger partial charge in [-0.2, -0.15) is 0 Å². The van der Waals surface area contributed by atoms with Crippen LogP contribution in [-0.4, -0.2) is 41.5 Å². The van der Waals surface area contributed by atoms with Crippen molar-refractivity contribution in [3.8, 4) is 0 Å². The number of nitrogens with zero attached hydrogens (tertiary/aromatic N) is 1. The third kappa shape index (κ3) is 3.64. The van der Waals surface area contributed by atoms with Crippen molar-refractivity contribution in [2.45, 2.75) is 17.7 Å². The minimum atomic E-state index is -3.26. The van der Waals surface area contributed by atoms with Gasteiger partial charge in [-0.3, -0.25) is 0 Å².